The van der Waals surface area contributed by atoms with E-state index in [-0.39, 0.29) is 5.56 Å². The first-order chi connectivity index (χ1) is 9.22. The maximum Gasteiger partial charge on any atom is 0.341 e. The topological polar surface area (TPSA) is 75.5 Å². The predicted molar refractivity (Wildman–Crippen MR) is 70.4 cm³/mol. The van der Waals surface area contributed by atoms with Crippen LogP contribution in [0.4, 0.5) is 5.82 Å². The summed E-state index contributed by atoms with van der Waals surface area (Å²) in [5.74, 6) is -0.0232. The van der Waals surface area contributed by atoms with Gasteiger partial charge in [-0.2, -0.15) is 0 Å². The molecule has 6 nitrogen and oxygen atoms in total. The molecule has 1 aromatic rings. The van der Waals surface area contributed by atoms with Crippen molar-refractivity contribution in [1.29, 1.82) is 0 Å². The lowest BCUT2D eigenvalue weighted by Crippen LogP contribution is -2.24. The second kappa shape index (κ2) is 6.47. The zero-order chi connectivity index (χ0) is 13.7. The fourth-order valence-electron chi connectivity index (χ4n) is 2.28. The SMILES string of the molecule is CCCOCC1CCN(c2ncncc2C(=O)O)C1. The first-order valence-electron chi connectivity index (χ1n) is 6.58. The molecule has 0 amide bonds. The molecular formula is C13H19N3O3. The van der Waals surface area contributed by atoms with Gasteiger partial charge in [0.2, 0.25) is 0 Å². The van der Waals surface area contributed by atoms with Crippen LogP contribution in [0.15, 0.2) is 12.5 Å². The molecule has 1 unspecified atom stereocenters. The summed E-state index contributed by atoms with van der Waals surface area (Å²) >= 11 is 0. The summed E-state index contributed by atoms with van der Waals surface area (Å²) in [4.78, 5) is 21.0. The molecule has 0 bridgehead atoms. The molecule has 0 saturated carbocycles. The highest BCUT2D eigenvalue weighted by Gasteiger charge is 2.26. The van der Waals surface area contributed by atoms with Crippen molar-refractivity contribution in [3.8, 4) is 0 Å². The monoisotopic (exact) mass is 265 g/mol. The van der Waals surface area contributed by atoms with Gasteiger partial charge in [0, 0.05) is 31.8 Å². The molecule has 2 heterocycles. The largest absolute Gasteiger partial charge is 0.477 e. The molecule has 0 spiro atoms. The average Bonchev–Trinajstić information content (AvgIpc) is 2.88. The second-order valence-electron chi connectivity index (χ2n) is 4.74. The van der Waals surface area contributed by atoms with E-state index in [1.54, 1.807) is 0 Å². The maximum atomic E-state index is 11.1. The molecule has 0 aromatic carbocycles. The Morgan fingerprint density at radius 2 is 2.47 bits per heavy atom. The molecule has 0 radical (unpaired) electrons. The highest BCUT2D eigenvalue weighted by atomic mass is 16.5. The third-order valence-electron chi connectivity index (χ3n) is 3.21. The van der Waals surface area contributed by atoms with E-state index in [2.05, 4.69) is 16.9 Å². The number of carbonyl (C=O) groups is 1. The van der Waals surface area contributed by atoms with Crippen molar-refractivity contribution in [3.63, 3.8) is 0 Å². The molecular weight excluding hydrogens is 246 g/mol. The molecule has 1 saturated heterocycles. The highest BCUT2D eigenvalue weighted by Crippen LogP contribution is 2.24. The lowest BCUT2D eigenvalue weighted by Gasteiger charge is -2.18. The number of rotatable bonds is 6. The summed E-state index contributed by atoms with van der Waals surface area (Å²) in [7, 11) is 0. The molecule has 1 aliphatic rings. The van der Waals surface area contributed by atoms with Gasteiger partial charge in [0.15, 0.2) is 0 Å². The van der Waals surface area contributed by atoms with Crippen molar-refractivity contribution in [2.24, 2.45) is 5.92 Å². The summed E-state index contributed by atoms with van der Waals surface area (Å²) < 4.78 is 5.55. The molecule has 1 fully saturated rings. The van der Waals surface area contributed by atoms with Crippen LogP contribution in [-0.4, -0.2) is 47.3 Å². The molecule has 6 heteroatoms. The second-order valence-corrected chi connectivity index (χ2v) is 4.74. The number of aromatic nitrogens is 2. The van der Waals surface area contributed by atoms with Crippen LogP contribution in [0.1, 0.15) is 30.1 Å². The van der Waals surface area contributed by atoms with Crippen LogP contribution in [0, 0.1) is 5.92 Å². The fraction of sp³-hybridized carbons (Fsp3) is 0.615. The van der Waals surface area contributed by atoms with Gasteiger partial charge in [0.05, 0.1) is 6.61 Å². The van der Waals surface area contributed by atoms with Gasteiger partial charge in [-0.25, -0.2) is 14.8 Å². The molecule has 1 N–H and O–H groups in total. The van der Waals surface area contributed by atoms with Crippen LogP contribution >= 0.6 is 0 Å². The van der Waals surface area contributed by atoms with Crippen LogP contribution in [0.5, 0.6) is 0 Å². The zero-order valence-corrected chi connectivity index (χ0v) is 11.1. The third-order valence-corrected chi connectivity index (χ3v) is 3.21. The smallest absolute Gasteiger partial charge is 0.341 e. The van der Waals surface area contributed by atoms with Crippen LogP contribution in [0.2, 0.25) is 0 Å². The quantitative estimate of drug-likeness (QED) is 0.784. The lowest BCUT2D eigenvalue weighted by molar-refractivity contribution is 0.0696. The number of aromatic carboxylic acids is 1. The number of hydrogen-bond acceptors (Lipinski definition) is 5. The molecule has 1 aromatic heterocycles. The van der Waals surface area contributed by atoms with Crippen LogP contribution < -0.4 is 4.90 Å². The van der Waals surface area contributed by atoms with Gasteiger partial charge in [-0.15, -0.1) is 0 Å². The first kappa shape index (κ1) is 13.7. The number of ether oxygens (including phenoxy) is 1. The van der Waals surface area contributed by atoms with E-state index in [9.17, 15) is 4.79 Å². The standard InChI is InChI=1S/C13H19N3O3/c1-2-5-19-8-10-3-4-16(7-10)12-11(13(17)18)6-14-9-15-12/h6,9-10H,2-5,7-8H2,1H3,(H,17,18). The molecule has 19 heavy (non-hydrogen) atoms. The van der Waals surface area contributed by atoms with Gasteiger partial charge in [0.25, 0.3) is 0 Å². The number of anilines is 1. The van der Waals surface area contributed by atoms with Crippen LogP contribution in [0.3, 0.4) is 0 Å². The average molecular weight is 265 g/mol. The Hall–Kier alpha value is -1.69. The predicted octanol–water partition coefficient (Wildman–Crippen LogP) is 1.43. The Morgan fingerprint density at radius 1 is 1.63 bits per heavy atom. The Morgan fingerprint density at radius 3 is 3.21 bits per heavy atom. The van der Waals surface area contributed by atoms with E-state index < -0.39 is 5.97 Å². The Kier molecular flexibility index (Phi) is 4.68. The van der Waals surface area contributed by atoms with Crippen molar-refractivity contribution in [2.75, 3.05) is 31.2 Å². The van der Waals surface area contributed by atoms with Crippen molar-refractivity contribution in [1.82, 2.24) is 9.97 Å². The summed E-state index contributed by atoms with van der Waals surface area (Å²) in [6, 6.07) is 0. The minimum Gasteiger partial charge on any atom is -0.477 e. The van der Waals surface area contributed by atoms with Crippen molar-refractivity contribution < 1.29 is 14.6 Å². The summed E-state index contributed by atoms with van der Waals surface area (Å²) in [6.45, 7) is 5.21. The van der Waals surface area contributed by atoms with E-state index in [0.29, 0.717) is 11.7 Å². The molecule has 2 rings (SSSR count). The minimum atomic E-state index is -0.985. The van der Waals surface area contributed by atoms with Gasteiger partial charge in [0.1, 0.15) is 17.7 Å². The zero-order valence-electron chi connectivity index (χ0n) is 11.1. The normalized spacial score (nSPS) is 18.8. The number of hydrogen-bond donors (Lipinski definition) is 1. The minimum absolute atomic E-state index is 0.164. The lowest BCUT2D eigenvalue weighted by atomic mass is 10.1. The fourth-order valence-corrected chi connectivity index (χ4v) is 2.28. The third kappa shape index (κ3) is 3.41. The van der Waals surface area contributed by atoms with Gasteiger partial charge >= 0.3 is 5.97 Å². The summed E-state index contributed by atoms with van der Waals surface area (Å²) in [5.41, 5.74) is 0.164. The van der Waals surface area contributed by atoms with Crippen molar-refractivity contribution in [3.05, 3.63) is 18.1 Å². The molecule has 1 aliphatic heterocycles. The Labute approximate surface area is 112 Å². The first-order valence-corrected chi connectivity index (χ1v) is 6.58. The summed E-state index contributed by atoms with van der Waals surface area (Å²) in [5, 5.41) is 9.13. The summed E-state index contributed by atoms with van der Waals surface area (Å²) in [6.07, 6.45) is 4.77. The molecule has 0 aliphatic carbocycles. The Bertz CT molecular complexity index is 439. The van der Waals surface area contributed by atoms with Gasteiger partial charge in [-0.1, -0.05) is 6.92 Å². The van der Waals surface area contributed by atoms with E-state index in [1.165, 1.54) is 12.5 Å². The van der Waals surface area contributed by atoms with Gasteiger partial charge < -0.3 is 14.7 Å². The highest BCUT2D eigenvalue weighted by molar-refractivity contribution is 5.92. The number of carboxylic acids is 1. The van der Waals surface area contributed by atoms with Crippen LogP contribution in [-0.2, 0) is 4.74 Å². The van der Waals surface area contributed by atoms with Crippen LogP contribution in [0.25, 0.3) is 0 Å². The van der Waals surface area contributed by atoms with Crippen molar-refractivity contribution >= 4 is 11.8 Å². The Balaban J connectivity index is 1.99. The van der Waals surface area contributed by atoms with E-state index in [4.69, 9.17) is 9.84 Å². The van der Waals surface area contributed by atoms with Crippen molar-refractivity contribution in [2.45, 2.75) is 19.8 Å². The van der Waals surface area contributed by atoms with Gasteiger partial charge in [-0.05, 0) is 12.8 Å². The number of carboxylic acid groups (broad SMARTS) is 1. The van der Waals surface area contributed by atoms with E-state index in [1.807, 2.05) is 4.90 Å². The molecule has 104 valence electrons. The molecule has 1 atom stereocenters. The van der Waals surface area contributed by atoms with E-state index >= 15 is 0 Å². The van der Waals surface area contributed by atoms with E-state index in [0.717, 1.165) is 39.1 Å². The van der Waals surface area contributed by atoms with Gasteiger partial charge in [-0.3, -0.25) is 0 Å². The number of nitrogens with zero attached hydrogens (tertiary/aromatic N) is 3. The maximum absolute atomic E-state index is 11.1.